The third-order valence-electron chi connectivity index (χ3n) is 4.27. The standard InChI is InChI=1S/C15H28N2OS/c1-4-5-8-19-12(3)15(18)16-14-10-17(9-11(14)2)13-6-7-13/h11-14H,4-10H2,1-3H3,(H,16,18)/t11-,12+,14-/m0/s1. The van der Waals surface area contributed by atoms with Crippen molar-refractivity contribution in [1.82, 2.24) is 10.2 Å². The fraction of sp³-hybridized carbons (Fsp3) is 0.933. The summed E-state index contributed by atoms with van der Waals surface area (Å²) in [6.45, 7) is 8.71. The quantitative estimate of drug-likeness (QED) is 0.729. The first kappa shape index (κ1) is 15.2. The van der Waals surface area contributed by atoms with Gasteiger partial charge in [0.25, 0.3) is 0 Å². The van der Waals surface area contributed by atoms with E-state index >= 15 is 0 Å². The molecule has 3 nitrogen and oxygen atoms in total. The summed E-state index contributed by atoms with van der Waals surface area (Å²) in [4.78, 5) is 14.7. The zero-order chi connectivity index (χ0) is 13.8. The van der Waals surface area contributed by atoms with E-state index in [9.17, 15) is 4.79 Å². The Bertz CT molecular complexity index is 307. The number of hydrogen-bond donors (Lipinski definition) is 1. The minimum atomic E-state index is 0.0914. The summed E-state index contributed by atoms with van der Waals surface area (Å²) >= 11 is 1.79. The second-order valence-electron chi connectivity index (χ2n) is 6.14. The Balaban J connectivity index is 1.72. The molecule has 1 amide bonds. The predicted octanol–water partition coefficient (Wildman–Crippen LogP) is 2.51. The van der Waals surface area contributed by atoms with Crippen LogP contribution < -0.4 is 5.32 Å². The second kappa shape index (κ2) is 6.98. The first-order valence-corrected chi connectivity index (χ1v) is 8.82. The number of hydrogen-bond acceptors (Lipinski definition) is 3. The van der Waals surface area contributed by atoms with Gasteiger partial charge < -0.3 is 5.32 Å². The lowest BCUT2D eigenvalue weighted by Gasteiger charge is -2.19. The maximum absolute atomic E-state index is 12.2. The molecule has 1 aliphatic heterocycles. The molecule has 1 saturated carbocycles. The van der Waals surface area contributed by atoms with Crippen molar-refractivity contribution in [2.24, 2.45) is 5.92 Å². The van der Waals surface area contributed by atoms with E-state index in [1.807, 2.05) is 6.92 Å². The normalized spacial score (nSPS) is 29.4. The van der Waals surface area contributed by atoms with Crippen LogP contribution in [0.2, 0.25) is 0 Å². The first-order valence-electron chi connectivity index (χ1n) is 7.77. The third-order valence-corrected chi connectivity index (χ3v) is 5.50. The van der Waals surface area contributed by atoms with Crippen LogP contribution in [0, 0.1) is 5.92 Å². The Morgan fingerprint density at radius 3 is 2.79 bits per heavy atom. The lowest BCUT2D eigenvalue weighted by molar-refractivity contribution is -0.121. The van der Waals surface area contributed by atoms with Crippen LogP contribution in [0.5, 0.6) is 0 Å². The van der Waals surface area contributed by atoms with Gasteiger partial charge in [0.05, 0.1) is 5.25 Å². The summed E-state index contributed by atoms with van der Waals surface area (Å²) in [6, 6.07) is 1.18. The maximum atomic E-state index is 12.2. The van der Waals surface area contributed by atoms with Gasteiger partial charge in [0.1, 0.15) is 0 Å². The van der Waals surface area contributed by atoms with E-state index in [1.165, 1.54) is 25.7 Å². The minimum absolute atomic E-state index is 0.0914. The van der Waals surface area contributed by atoms with Crippen molar-refractivity contribution in [2.75, 3.05) is 18.8 Å². The van der Waals surface area contributed by atoms with Gasteiger partial charge >= 0.3 is 0 Å². The largest absolute Gasteiger partial charge is 0.351 e. The molecule has 0 aromatic heterocycles. The second-order valence-corrected chi connectivity index (χ2v) is 7.59. The molecule has 1 heterocycles. The molecule has 2 aliphatic rings. The molecule has 1 N–H and O–H groups in total. The molecule has 0 aromatic carbocycles. The molecule has 19 heavy (non-hydrogen) atoms. The van der Waals surface area contributed by atoms with Crippen molar-refractivity contribution in [3.8, 4) is 0 Å². The molecule has 0 unspecified atom stereocenters. The molecule has 0 aromatic rings. The number of carbonyl (C=O) groups is 1. The van der Waals surface area contributed by atoms with Crippen LogP contribution in [0.3, 0.4) is 0 Å². The van der Waals surface area contributed by atoms with Gasteiger partial charge in [-0.15, -0.1) is 11.8 Å². The smallest absolute Gasteiger partial charge is 0.233 e. The predicted molar refractivity (Wildman–Crippen MR) is 82.5 cm³/mol. The van der Waals surface area contributed by atoms with Crippen molar-refractivity contribution >= 4 is 17.7 Å². The van der Waals surface area contributed by atoms with Crippen molar-refractivity contribution in [2.45, 2.75) is 63.8 Å². The topological polar surface area (TPSA) is 32.3 Å². The van der Waals surface area contributed by atoms with E-state index in [0.29, 0.717) is 12.0 Å². The van der Waals surface area contributed by atoms with E-state index in [2.05, 4.69) is 24.1 Å². The van der Waals surface area contributed by atoms with Crippen LogP contribution in [0.25, 0.3) is 0 Å². The highest BCUT2D eigenvalue weighted by Gasteiger charge is 2.38. The Labute approximate surface area is 121 Å². The Morgan fingerprint density at radius 1 is 1.42 bits per heavy atom. The summed E-state index contributed by atoms with van der Waals surface area (Å²) in [5, 5.41) is 3.36. The van der Waals surface area contributed by atoms with E-state index in [1.54, 1.807) is 11.8 Å². The number of nitrogens with zero attached hydrogens (tertiary/aromatic N) is 1. The fourth-order valence-corrected chi connectivity index (χ4v) is 3.74. The zero-order valence-corrected chi connectivity index (χ0v) is 13.3. The SMILES string of the molecule is CCCCS[C@H](C)C(=O)N[C@H]1CN(C2CC2)C[C@@H]1C. The number of nitrogens with one attached hydrogen (secondary N) is 1. The van der Waals surface area contributed by atoms with Gasteiger partial charge in [-0.05, 0) is 37.9 Å². The van der Waals surface area contributed by atoms with Gasteiger partial charge in [-0.1, -0.05) is 20.3 Å². The molecule has 2 fully saturated rings. The van der Waals surface area contributed by atoms with Gasteiger partial charge in [-0.2, -0.15) is 0 Å². The highest BCUT2D eigenvalue weighted by Crippen LogP contribution is 2.31. The van der Waals surface area contributed by atoms with Gasteiger partial charge in [-0.25, -0.2) is 0 Å². The summed E-state index contributed by atoms with van der Waals surface area (Å²) < 4.78 is 0. The van der Waals surface area contributed by atoms with Crippen molar-refractivity contribution in [3.63, 3.8) is 0 Å². The molecular formula is C15H28N2OS. The molecule has 4 heteroatoms. The first-order chi connectivity index (χ1) is 9.11. The Hall–Kier alpha value is -0.220. The average Bonchev–Trinajstić information content (AvgIpc) is 3.16. The molecule has 110 valence electrons. The Kier molecular flexibility index (Phi) is 5.58. The summed E-state index contributed by atoms with van der Waals surface area (Å²) in [5.74, 6) is 1.92. The number of carbonyl (C=O) groups excluding carboxylic acids is 1. The molecule has 3 atom stereocenters. The molecular weight excluding hydrogens is 256 g/mol. The van der Waals surface area contributed by atoms with Crippen LogP contribution in [0.4, 0.5) is 0 Å². The molecule has 1 saturated heterocycles. The molecule has 2 rings (SSSR count). The highest BCUT2D eigenvalue weighted by molar-refractivity contribution is 8.00. The van der Waals surface area contributed by atoms with Crippen LogP contribution in [0.15, 0.2) is 0 Å². The van der Waals surface area contributed by atoms with E-state index in [-0.39, 0.29) is 11.2 Å². The average molecular weight is 284 g/mol. The third kappa shape index (κ3) is 4.38. The van der Waals surface area contributed by atoms with E-state index in [0.717, 1.165) is 24.9 Å². The maximum Gasteiger partial charge on any atom is 0.233 e. The van der Waals surface area contributed by atoms with Crippen LogP contribution in [-0.4, -0.2) is 47.0 Å². The van der Waals surface area contributed by atoms with Crippen molar-refractivity contribution in [1.29, 1.82) is 0 Å². The molecule has 0 bridgehead atoms. The number of rotatable bonds is 7. The molecule has 0 spiro atoms. The van der Waals surface area contributed by atoms with Crippen LogP contribution in [-0.2, 0) is 4.79 Å². The van der Waals surface area contributed by atoms with Crippen molar-refractivity contribution in [3.05, 3.63) is 0 Å². The Morgan fingerprint density at radius 2 is 2.16 bits per heavy atom. The van der Waals surface area contributed by atoms with E-state index in [4.69, 9.17) is 0 Å². The van der Waals surface area contributed by atoms with Crippen LogP contribution >= 0.6 is 11.8 Å². The lowest BCUT2D eigenvalue weighted by Crippen LogP contribution is -2.43. The summed E-state index contributed by atoms with van der Waals surface area (Å²) in [5.41, 5.74) is 0. The number of unbranched alkanes of at least 4 members (excludes halogenated alkanes) is 1. The fourth-order valence-electron chi connectivity index (χ4n) is 2.71. The van der Waals surface area contributed by atoms with Gasteiger partial charge in [-0.3, -0.25) is 9.69 Å². The number of thioether (sulfide) groups is 1. The monoisotopic (exact) mass is 284 g/mol. The zero-order valence-electron chi connectivity index (χ0n) is 12.5. The van der Waals surface area contributed by atoms with Crippen LogP contribution in [0.1, 0.15) is 46.5 Å². The minimum Gasteiger partial charge on any atom is -0.351 e. The molecule has 0 radical (unpaired) electrons. The van der Waals surface area contributed by atoms with Gasteiger partial charge in [0, 0.05) is 25.2 Å². The van der Waals surface area contributed by atoms with Crippen molar-refractivity contribution < 1.29 is 4.79 Å². The van der Waals surface area contributed by atoms with Gasteiger partial charge in [0.15, 0.2) is 0 Å². The molecule has 1 aliphatic carbocycles. The number of amides is 1. The van der Waals surface area contributed by atoms with Gasteiger partial charge in [0.2, 0.25) is 5.91 Å². The summed E-state index contributed by atoms with van der Waals surface area (Å²) in [6.07, 6.45) is 5.13. The summed E-state index contributed by atoms with van der Waals surface area (Å²) in [7, 11) is 0. The highest BCUT2D eigenvalue weighted by atomic mass is 32.2. The number of likely N-dealkylation sites (tertiary alicyclic amines) is 1. The van der Waals surface area contributed by atoms with E-state index < -0.39 is 0 Å². The lowest BCUT2D eigenvalue weighted by atomic mass is 10.1.